The van der Waals surface area contributed by atoms with Crippen molar-refractivity contribution >= 4 is 23.5 Å². The number of hydrogen-bond donors (Lipinski definition) is 2. The molecule has 0 heterocycles. The molecule has 150 valence electrons. The number of nitrogens with zero attached hydrogens (tertiary/aromatic N) is 1. The zero-order valence-electron chi connectivity index (χ0n) is 16.6. The van der Waals surface area contributed by atoms with Crippen molar-refractivity contribution in [2.75, 3.05) is 18.5 Å². The predicted octanol–water partition coefficient (Wildman–Crippen LogP) is 2.77. The van der Waals surface area contributed by atoms with E-state index >= 15 is 0 Å². The van der Waals surface area contributed by atoms with E-state index in [0.717, 1.165) is 5.56 Å². The second kappa shape index (κ2) is 9.51. The molecule has 0 fully saturated rings. The highest BCUT2D eigenvalue weighted by Crippen LogP contribution is 2.22. The maximum atomic E-state index is 12.1. The lowest BCUT2D eigenvalue weighted by molar-refractivity contribution is -0.146. The first kappa shape index (κ1) is 21.6. The molecule has 0 aliphatic rings. The molecule has 0 aliphatic heterocycles. The maximum Gasteiger partial charge on any atom is 0.325 e. The molecule has 2 aromatic rings. The van der Waals surface area contributed by atoms with Crippen LogP contribution in [0.2, 0.25) is 0 Å². The molecule has 0 bridgehead atoms. The van der Waals surface area contributed by atoms with Crippen molar-refractivity contribution in [2.24, 2.45) is 0 Å². The molecule has 0 unspecified atom stereocenters. The number of ether oxygens (including phenoxy) is 1. The molecule has 2 rings (SSSR count). The van der Waals surface area contributed by atoms with E-state index in [4.69, 9.17) is 10.00 Å². The number of nitriles is 1. The summed E-state index contributed by atoms with van der Waals surface area (Å²) in [6.45, 7) is 5.35. The molecule has 2 N–H and O–H groups in total. The second-order valence-electron chi connectivity index (χ2n) is 7.38. The Labute approximate surface area is 169 Å². The van der Waals surface area contributed by atoms with E-state index in [9.17, 15) is 14.4 Å². The summed E-state index contributed by atoms with van der Waals surface area (Å²) in [6, 6.07) is 15.6. The molecular weight excluding hydrogens is 370 g/mol. The van der Waals surface area contributed by atoms with Crippen LogP contribution in [-0.2, 0) is 19.7 Å². The van der Waals surface area contributed by atoms with Crippen LogP contribution in [0.4, 0.5) is 5.69 Å². The summed E-state index contributed by atoms with van der Waals surface area (Å²) in [7, 11) is 0. The van der Waals surface area contributed by atoms with E-state index in [1.54, 1.807) is 36.4 Å². The molecule has 0 aliphatic carbocycles. The Balaban J connectivity index is 1.78. The predicted molar refractivity (Wildman–Crippen MR) is 108 cm³/mol. The quantitative estimate of drug-likeness (QED) is 0.734. The highest BCUT2D eigenvalue weighted by Gasteiger charge is 2.15. The van der Waals surface area contributed by atoms with Crippen LogP contribution in [0.3, 0.4) is 0 Å². The molecule has 7 nitrogen and oxygen atoms in total. The summed E-state index contributed by atoms with van der Waals surface area (Å²) < 4.78 is 4.85. The number of nitrogens with one attached hydrogen (secondary N) is 2. The van der Waals surface area contributed by atoms with E-state index in [2.05, 4.69) is 31.4 Å². The number of amides is 2. The van der Waals surface area contributed by atoms with Crippen LogP contribution in [-0.4, -0.2) is 30.9 Å². The van der Waals surface area contributed by atoms with Gasteiger partial charge in [-0.3, -0.25) is 14.4 Å². The van der Waals surface area contributed by atoms with E-state index in [-0.39, 0.29) is 12.0 Å². The number of anilines is 1. The normalized spacial score (nSPS) is 10.6. The van der Waals surface area contributed by atoms with Crippen molar-refractivity contribution in [1.82, 2.24) is 5.32 Å². The van der Waals surface area contributed by atoms with E-state index in [1.165, 1.54) is 0 Å². The molecule has 2 aromatic carbocycles. The van der Waals surface area contributed by atoms with Gasteiger partial charge in [0.05, 0.1) is 11.3 Å². The highest BCUT2D eigenvalue weighted by molar-refractivity contribution is 5.97. The summed E-state index contributed by atoms with van der Waals surface area (Å²) in [5, 5.41) is 14.0. The number of hydrogen-bond acceptors (Lipinski definition) is 5. The van der Waals surface area contributed by atoms with Crippen LogP contribution < -0.4 is 10.6 Å². The van der Waals surface area contributed by atoms with Crippen molar-refractivity contribution in [2.45, 2.75) is 26.2 Å². The Morgan fingerprint density at radius 3 is 2.31 bits per heavy atom. The van der Waals surface area contributed by atoms with Gasteiger partial charge in [-0.05, 0) is 35.2 Å². The van der Waals surface area contributed by atoms with Gasteiger partial charge in [0.2, 0.25) is 0 Å². The number of esters is 1. The lowest BCUT2D eigenvalue weighted by Gasteiger charge is -2.19. The molecular formula is C22H23N3O4. The number of carbonyl (C=O) groups excluding carboxylic acids is 3. The molecule has 2 amide bonds. The van der Waals surface area contributed by atoms with Gasteiger partial charge in [0.1, 0.15) is 12.6 Å². The number of para-hydroxylation sites is 1. The monoisotopic (exact) mass is 393 g/mol. The first-order valence-electron chi connectivity index (χ1n) is 9.04. The van der Waals surface area contributed by atoms with Gasteiger partial charge in [-0.15, -0.1) is 0 Å². The average Bonchev–Trinajstić information content (AvgIpc) is 2.70. The minimum absolute atomic E-state index is 0.0207. The Kier molecular flexibility index (Phi) is 7.10. The third-order valence-electron chi connectivity index (χ3n) is 4.09. The first-order chi connectivity index (χ1) is 13.7. The fraction of sp³-hybridized carbons (Fsp3) is 0.273. The van der Waals surface area contributed by atoms with Crippen molar-refractivity contribution in [3.63, 3.8) is 0 Å². The second-order valence-corrected chi connectivity index (χ2v) is 7.38. The smallest absolute Gasteiger partial charge is 0.325 e. The fourth-order valence-electron chi connectivity index (χ4n) is 2.45. The van der Waals surface area contributed by atoms with Gasteiger partial charge < -0.3 is 15.4 Å². The van der Waals surface area contributed by atoms with Crippen molar-refractivity contribution < 1.29 is 19.1 Å². The Morgan fingerprint density at radius 1 is 1.03 bits per heavy atom. The largest absolute Gasteiger partial charge is 0.454 e. The molecule has 0 saturated carbocycles. The number of rotatable bonds is 6. The molecule has 29 heavy (non-hydrogen) atoms. The molecule has 0 atom stereocenters. The summed E-state index contributed by atoms with van der Waals surface area (Å²) in [5.41, 5.74) is 2.14. The number of carbonyl (C=O) groups is 3. The Bertz CT molecular complexity index is 938. The zero-order valence-corrected chi connectivity index (χ0v) is 16.6. The van der Waals surface area contributed by atoms with E-state index in [0.29, 0.717) is 16.8 Å². The van der Waals surface area contributed by atoms with Crippen LogP contribution in [0.25, 0.3) is 0 Å². The van der Waals surface area contributed by atoms with Gasteiger partial charge in [-0.2, -0.15) is 5.26 Å². The van der Waals surface area contributed by atoms with Crippen molar-refractivity contribution in [3.8, 4) is 6.07 Å². The van der Waals surface area contributed by atoms with Gasteiger partial charge in [0.25, 0.3) is 11.8 Å². The fourth-order valence-corrected chi connectivity index (χ4v) is 2.45. The first-order valence-corrected chi connectivity index (χ1v) is 9.04. The molecule has 7 heteroatoms. The summed E-state index contributed by atoms with van der Waals surface area (Å²) in [4.78, 5) is 35.8. The highest BCUT2D eigenvalue weighted by atomic mass is 16.5. The summed E-state index contributed by atoms with van der Waals surface area (Å²) >= 11 is 0. The lowest BCUT2D eigenvalue weighted by atomic mass is 9.87. The van der Waals surface area contributed by atoms with Gasteiger partial charge in [-0.25, -0.2) is 0 Å². The van der Waals surface area contributed by atoms with Gasteiger partial charge >= 0.3 is 5.97 Å². The van der Waals surface area contributed by atoms with E-state index in [1.807, 2.05) is 18.2 Å². The topological polar surface area (TPSA) is 108 Å². The molecule has 0 aromatic heterocycles. The van der Waals surface area contributed by atoms with Gasteiger partial charge in [0, 0.05) is 5.56 Å². The minimum atomic E-state index is -0.742. The molecule has 0 radical (unpaired) electrons. The van der Waals surface area contributed by atoms with Crippen LogP contribution in [0, 0.1) is 11.3 Å². The van der Waals surface area contributed by atoms with Crippen LogP contribution >= 0.6 is 0 Å². The summed E-state index contributed by atoms with van der Waals surface area (Å²) in [5.74, 6) is -1.73. The number of benzene rings is 2. The van der Waals surface area contributed by atoms with Crippen molar-refractivity contribution in [3.05, 3.63) is 65.2 Å². The molecule has 0 saturated heterocycles. The summed E-state index contributed by atoms with van der Waals surface area (Å²) in [6.07, 6.45) is 0. The van der Waals surface area contributed by atoms with Crippen LogP contribution in [0.5, 0.6) is 0 Å². The van der Waals surface area contributed by atoms with Crippen LogP contribution in [0.1, 0.15) is 42.3 Å². The van der Waals surface area contributed by atoms with E-state index < -0.39 is 24.4 Å². The maximum absolute atomic E-state index is 12.1. The third-order valence-corrected chi connectivity index (χ3v) is 4.09. The average molecular weight is 393 g/mol. The van der Waals surface area contributed by atoms with Gasteiger partial charge in [0.15, 0.2) is 6.61 Å². The molecule has 0 spiro atoms. The van der Waals surface area contributed by atoms with Crippen LogP contribution in [0.15, 0.2) is 48.5 Å². The van der Waals surface area contributed by atoms with Gasteiger partial charge in [-0.1, -0.05) is 45.0 Å². The zero-order chi connectivity index (χ0) is 21.4. The Morgan fingerprint density at radius 2 is 1.69 bits per heavy atom. The lowest BCUT2D eigenvalue weighted by Crippen LogP contribution is -2.32. The minimum Gasteiger partial charge on any atom is -0.454 e. The van der Waals surface area contributed by atoms with Crippen molar-refractivity contribution in [1.29, 1.82) is 5.26 Å². The standard InChI is InChI=1S/C22H23N3O4/c1-22(2,3)17-10-8-15(9-11-17)21(28)24-13-20(27)29-14-19(26)25-18-7-5-4-6-16(18)12-23/h4-11H,13-14H2,1-3H3,(H,24,28)(H,25,26). The Hall–Kier alpha value is -3.66. The third kappa shape index (κ3) is 6.47. The SMILES string of the molecule is CC(C)(C)c1ccc(C(=O)NCC(=O)OCC(=O)Nc2ccccc2C#N)cc1.